The number of aryl methyl sites for hydroxylation is 1. The highest BCUT2D eigenvalue weighted by Gasteiger charge is 2.49. The summed E-state index contributed by atoms with van der Waals surface area (Å²) in [5, 5.41) is 0. The first-order valence-corrected chi connectivity index (χ1v) is 10.4. The maximum atomic E-state index is 12.8. The highest BCUT2D eigenvalue weighted by molar-refractivity contribution is 7.91. The van der Waals surface area contributed by atoms with Crippen LogP contribution >= 0.6 is 0 Å². The van der Waals surface area contributed by atoms with Gasteiger partial charge < -0.3 is 4.90 Å². The van der Waals surface area contributed by atoms with E-state index in [4.69, 9.17) is 0 Å². The zero-order chi connectivity index (χ0) is 17.5. The third kappa shape index (κ3) is 3.49. The van der Waals surface area contributed by atoms with Crippen molar-refractivity contribution in [3.8, 4) is 0 Å². The molecule has 0 N–H and O–H groups in total. The second kappa shape index (κ2) is 6.48. The molecule has 0 spiro atoms. The average Bonchev–Trinajstić information content (AvgIpc) is 2.79. The first kappa shape index (κ1) is 17.4. The Balaban J connectivity index is 1.92. The summed E-state index contributed by atoms with van der Waals surface area (Å²) < 4.78 is 24.5. The summed E-state index contributed by atoms with van der Waals surface area (Å²) in [6.45, 7) is 7.36. The van der Waals surface area contributed by atoms with Gasteiger partial charge in [0.1, 0.15) is 0 Å². The molecular weight excluding hydrogens is 324 g/mol. The average molecular weight is 350 g/mol. The van der Waals surface area contributed by atoms with Crippen molar-refractivity contribution < 1.29 is 13.2 Å². The van der Waals surface area contributed by atoms with Gasteiger partial charge in [0.2, 0.25) is 5.91 Å². The van der Waals surface area contributed by atoms with E-state index in [1.807, 2.05) is 31.2 Å². The predicted molar refractivity (Wildman–Crippen MR) is 95.9 cm³/mol. The van der Waals surface area contributed by atoms with Crippen molar-refractivity contribution in [2.75, 3.05) is 29.5 Å². The minimum atomic E-state index is -3.11. The summed E-state index contributed by atoms with van der Waals surface area (Å²) in [4.78, 5) is 16.6. The number of carbonyl (C=O) groups excluding carboxylic acids is 1. The molecule has 2 fully saturated rings. The third-order valence-corrected chi connectivity index (χ3v) is 6.67. The molecule has 6 heteroatoms. The molecule has 0 radical (unpaired) electrons. The van der Waals surface area contributed by atoms with Gasteiger partial charge in [-0.3, -0.25) is 9.69 Å². The number of nitrogens with zero attached hydrogens (tertiary/aromatic N) is 2. The van der Waals surface area contributed by atoms with Crippen LogP contribution in [0.5, 0.6) is 0 Å². The fraction of sp³-hybridized carbons (Fsp3) is 0.611. The van der Waals surface area contributed by atoms with E-state index < -0.39 is 9.84 Å². The summed E-state index contributed by atoms with van der Waals surface area (Å²) in [7, 11) is -3.11. The lowest BCUT2D eigenvalue weighted by atomic mass is 10.0. The van der Waals surface area contributed by atoms with Crippen molar-refractivity contribution in [1.29, 1.82) is 0 Å². The lowest BCUT2D eigenvalue weighted by Gasteiger charge is -2.43. The van der Waals surface area contributed by atoms with Crippen LogP contribution in [0.25, 0.3) is 0 Å². The van der Waals surface area contributed by atoms with Crippen LogP contribution in [0, 0.1) is 12.8 Å². The number of amides is 1. The van der Waals surface area contributed by atoms with Crippen LogP contribution in [0.3, 0.4) is 0 Å². The number of carbonyl (C=O) groups is 1. The maximum Gasteiger partial charge on any atom is 0.241 e. The Morgan fingerprint density at radius 1 is 1.21 bits per heavy atom. The lowest BCUT2D eigenvalue weighted by Crippen LogP contribution is -2.62. The lowest BCUT2D eigenvalue weighted by molar-refractivity contribution is -0.123. The fourth-order valence-corrected chi connectivity index (χ4v) is 5.72. The van der Waals surface area contributed by atoms with Crippen molar-refractivity contribution >= 4 is 21.4 Å². The Morgan fingerprint density at radius 3 is 2.58 bits per heavy atom. The Morgan fingerprint density at radius 2 is 1.92 bits per heavy atom. The molecule has 2 aliphatic heterocycles. The van der Waals surface area contributed by atoms with Gasteiger partial charge in [-0.05, 0) is 43.5 Å². The quantitative estimate of drug-likeness (QED) is 0.832. The number of hydrogen-bond donors (Lipinski definition) is 0. The summed E-state index contributed by atoms with van der Waals surface area (Å²) >= 11 is 0. The molecule has 24 heavy (non-hydrogen) atoms. The van der Waals surface area contributed by atoms with Crippen molar-refractivity contribution in [2.24, 2.45) is 5.92 Å². The molecule has 2 heterocycles. The smallest absolute Gasteiger partial charge is 0.241 e. The zero-order valence-corrected chi connectivity index (χ0v) is 15.4. The van der Waals surface area contributed by atoms with Gasteiger partial charge in [0.15, 0.2) is 9.84 Å². The molecule has 132 valence electrons. The van der Waals surface area contributed by atoms with Crippen LogP contribution in [0.15, 0.2) is 24.3 Å². The summed E-state index contributed by atoms with van der Waals surface area (Å²) in [6.07, 6.45) is 0.973. The summed E-state index contributed by atoms with van der Waals surface area (Å²) in [6, 6.07) is 7.40. The van der Waals surface area contributed by atoms with E-state index in [1.54, 1.807) is 4.90 Å². The molecule has 0 unspecified atom stereocenters. The van der Waals surface area contributed by atoms with Gasteiger partial charge in [0, 0.05) is 11.7 Å². The Labute approximate surface area is 144 Å². The number of sulfone groups is 1. The second-order valence-electron chi connectivity index (χ2n) is 7.47. The molecule has 1 aromatic rings. The molecule has 5 nitrogen and oxygen atoms in total. The van der Waals surface area contributed by atoms with E-state index in [9.17, 15) is 13.2 Å². The van der Waals surface area contributed by atoms with Gasteiger partial charge in [-0.25, -0.2) is 8.42 Å². The van der Waals surface area contributed by atoms with E-state index in [0.717, 1.165) is 24.2 Å². The zero-order valence-electron chi connectivity index (χ0n) is 14.6. The largest absolute Gasteiger partial charge is 0.306 e. The maximum absolute atomic E-state index is 12.8. The monoisotopic (exact) mass is 350 g/mol. The highest BCUT2D eigenvalue weighted by Crippen LogP contribution is 2.32. The number of benzene rings is 1. The Kier molecular flexibility index (Phi) is 4.71. The molecule has 1 amide bonds. The minimum Gasteiger partial charge on any atom is -0.306 e. The number of fused-ring (bicyclic) bond motifs is 1. The minimum absolute atomic E-state index is 0.00251. The molecule has 3 rings (SSSR count). The van der Waals surface area contributed by atoms with E-state index in [0.29, 0.717) is 12.5 Å². The number of rotatable bonds is 4. The van der Waals surface area contributed by atoms with Gasteiger partial charge in [0.05, 0.1) is 24.1 Å². The SMILES string of the molecule is Cc1cccc(N2C(=O)CN(CCC(C)C)[C@H]3CS(=O)(=O)C[C@H]32)c1. The Bertz CT molecular complexity index is 730. The van der Waals surface area contributed by atoms with E-state index in [1.165, 1.54) is 0 Å². The third-order valence-electron chi connectivity index (χ3n) is 4.97. The molecule has 2 aliphatic rings. The normalized spacial score (nSPS) is 26.8. The Hall–Kier alpha value is -1.40. The van der Waals surface area contributed by atoms with Crippen LogP contribution < -0.4 is 4.90 Å². The summed E-state index contributed by atoms with van der Waals surface area (Å²) in [5.74, 6) is 0.759. The number of hydrogen-bond acceptors (Lipinski definition) is 4. The first-order valence-electron chi connectivity index (χ1n) is 8.60. The topological polar surface area (TPSA) is 57.7 Å². The van der Waals surface area contributed by atoms with Crippen LogP contribution in [0.1, 0.15) is 25.8 Å². The van der Waals surface area contributed by atoms with Gasteiger partial charge in [0.25, 0.3) is 0 Å². The molecule has 0 aliphatic carbocycles. The molecular formula is C18H26N2O3S. The van der Waals surface area contributed by atoms with E-state index in [2.05, 4.69) is 18.7 Å². The molecule has 2 saturated heterocycles. The molecule has 0 aromatic heterocycles. The van der Waals surface area contributed by atoms with Gasteiger partial charge in [-0.15, -0.1) is 0 Å². The predicted octanol–water partition coefficient (Wildman–Crippen LogP) is 1.86. The molecule has 0 saturated carbocycles. The standard InChI is InChI=1S/C18H26N2O3S/c1-13(2)7-8-19-10-18(21)20(15-6-4-5-14(3)9-15)17-12-24(22,23)11-16(17)19/h4-6,9,13,16-17H,7-8,10-12H2,1-3H3/t16-,17+/m0/s1. The van der Waals surface area contributed by atoms with E-state index in [-0.39, 0.29) is 29.5 Å². The molecule has 0 bridgehead atoms. The number of anilines is 1. The second-order valence-corrected chi connectivity index (χ2v) is 9.62. The fourth-order valence-electron chi connectivity index (χ4n) is 3.74. The van der Waals surface area contributed by atoms with Gasteiger partial charge in [-0.2, -0.15) is 0 Å². The van der Waals surface area contributed by atoms with E-state index >= 15 is 0 Å². The van der Waals surface area contributed by atoms with Crippen LogP contribution in [-0.2, 0) is 14.6 Å². The van der Waals surface area contributed by atoms with Crippen molar-refractivity contribution in [2.45, 2.75) is 39.3 Å². The van der Waals surface area contributed by atoms with Crippen LogP contribution in [-0.4, -0.2) is 55.9 Å². The molecule has 2 atom stereocenters. The number of piperazine rings is 1. The van der Waals surface area contributed by atoms with Crippen LogP contribution in [0.4, 0.5) is 5.69 Å². The van der Waals surface area contributed by atoms with Crippen molar-refractivity contribution in [3.63, 3.8) is 0 Å². The first-order chi connectivity index (χ1) is 11.3. The van der Waals surface area contributed by atoms with Gasteiger partial charge in [-0.1, -0.05) is 26.0 Å². The van der Waals surface area contributed by atoms with Crippen molar-refractivity contribution in [1.82, 2.24) is 4.90 Å². The van der Waals surface area contributed by atoms with Crippen LogP contribution in [0.2, 0.25) is 0 Å². The molecule has 1 aromatic carbocycles. The highest BCUT2D eigenvalue weighted by atomic mass is 32.2. The van der Waals surface area contributed by atoms with Gasteiger partial charge >= 0.3 is 0 Å². The van der Waals surface area contributed by atoms with Crippen molar-refractivity contribution in [3.05, 3.63) is 29.8 Å². The summed E-state index contributed by atoms with van der Waals surface area (Å²) in [5.41, 5.74) is 1.88.